The number of hydrogen-bond acceptors (Lipinski definition) is 8. The SMILES string of the molecule is N#Cc1cc(-n2nc(Br)c3cnc(N[C@@H]4CC[C@@H](C(=O)N[C@H]5CCNC5)C4)nc32)cc2cccnc12. The number of benzene rings is 1. The number of fused-ring (bicyclic) bond motifs is 2. The summed E-state index contributed by atoms with van der Waals surface area (Å²) in [5, 5.41) is 25.8. The minimum Gasteiger partial charge on any atom is -0.352 e. The third-order valence-electron chi connectivity index (χ3n) is 6.98. The summed E-state index contributed by atoms with van der Waals surface area (Å²) in [6.07, 6.45) is 6.88. The van der Waals surface area contributed by atoms with Gasteiger partial charge in [0.2, 0.25) is 11.9 Å². The lowest BCUT2D eigenvalue weighted by atomic mass is 10.1. The van der Waals surface area contributed by atoms with Crippen LogP contribution >= 0.6 is 15.9 Å². The highest BCUT2D eigenvalue weighted by Crippen LogP contribution is 2.30. The lowest BCUT2D eigenvalue weighted by Crippen LogP contribution is -2.39. The highest BCUT2D eigenvalue weighted by Gasteiger charge is 2.32. The van der Waals surface area contributed by atoms with E-state index in [1.807, 2.05) is 18.2 Å². The second kappa shape index (κ2) is 9.44. The van der Waals surface area contributed by atoms with E-state index in [2.05, 4.69) is 53.0 Å². The first-order valence-electron chi connectivity index (χ1n) is 12.1. The topological polar surface area (TPSA) is 133 Å². The number of carbonyl (C=O) groups is 1. The van der Waals surface area contributed by atoms with Crippen LogP contribution in [0.5, 0.6) is 0 Å². The van der Waals surface area contributed by atoms with Crippen molar-refractivity contribution in [3.8, 4) is 11.8 Å². The van der Waals surface area contributed by atoms with Crippen molar-refractivity contribution in [2.75, 3.05) is 18.4 Å². The van der Waals surface area contributed by atoms with Gasteiger partial charge in [-0.1, -0.05) is 6.07 Å². The molecular formula is C25H24BrN9O. The highest BCUT2D eigenvalue weighted by atomic mass is 79.9. The summed E-state index contributed by atoms with van der Waals surface area (Å²) in [5.74, 6) is 0.637. The predicted molar refractivity (Wildman–Crippen MR) is 139 cm³/mol. The average Bonchev–Trinajstić information content (AvgIpc) is 3.64. The first kappa shape index (κ1) is 22.8. The predicted octanol–water partition coefficient (Wildman–Crippen LogP) is 3.06. The molecule has 2 fully saturated rings. The van der Waals surface area contributed by atoms with Gasteiger partial charge in [-0.05, 0) is 66.4 Å². The fourth-order valence-corrected chi connectivity index (χ4v) is 5.57. The number of halogens is 1. The van der Waals surface area contributed by atoms with E-state index in [1.165, 1.54) is 0 Å². The van der Waals surface area contributed by atoms with Gasteiger partial charge in [0.05, 0.1) is 22.2 Å². The molecule has 1 aliphatic heterocycles. The van der Waals surface area contributed by atoms with Crippen LogP contribution in [0, 0.1) is 17.2 Å². The summed E-state index contributed by atoms with van der Waals surface area (Å²) in [7, 11) is 0. The Morgan fingerprint density at radius 1 is 1.22 bits per heavy atom. The number of nitriles is 1. The van der Waals surface area contributed by atoms with Gasteiger partial charge in [0.15, 0.2) is 5.65 Å². The molecule has 1 amide bonds. The molecule has 0 radical (unpaired) electrons. The number of aromatic nitrogens is 5. The number of nitrogens with zero attached hydrogens (tertiary/aromatic N) is 6. The molecule has 0 bridgehead atoms. The van der Waals surface area contributed by atoms with E-state index in [4.69, 9.17) is 4.98 Å². The first-order valence-corrected chi connectivity index (χ1v) is 12.9. The standard InChI is InChI=1S/C25H24BrN9O/c26-22-20-13-30-25(32-17-4-3-15(8-17)24(36)31-18-5-7-28-12-18)33-23(20)35(34-22)19-9-14-2-1-6-29-21(14)16(10-19)11-27/h1-2,6,9-10,13,15,17-18,28H,3-5,7-8,12H2,(H,31,36)(H,30,32,33)/t15-,17-,18+/m1/s1. The van der Waals surface area contributed by atoms with Crippen molar-refractivity contribution < 1.29 is 4.79 Å². The molecule has 2 aliphatic rings. The molecule has 1 aromatic carbocycles. The maximum Gasteiger partial charge on any atom is 0.224 e. The molecule has 6 rings (SSSR count). The largest absolute Gasteiger partial charge is 0.352 e. The molecular weight excluding hydrogens is 522 g/mol. The Kier molecular flexibility index (Phi) is 5.99. The molecule has 182 valence electrons. The van der Waals surface area contributed by atoms with E-state index in [-0.39, 0.29) is 23.9 Å². The Balaban J connectivity index is 1.25. The Morgan fingerprint density at radius 3 is 2.97 bits per heavy atom. The second-order valence-electron chi connectivity index (χ2n) is 9.36. The molecule has 4 heterocycles. The number of amides is 1. The summed E-state index contributed by atoms with van der Waals surface area (Å²) in [6.45, 7) is 1.81. The molecule has 3 aromatic heterocycles. The van der Waals surface area contributed by atoms with Crippen LogP contribution in [-0.4, -0.2) is 55.8 Å². The summed E-state index contributed by atoms with van der Waals surface area (Å²) >= 11 is 3.51. The maximum atomic E-state index is 12.7. The van der Waals surface area contributed by atoms with Crippen LogP contribution in [0.25, 0.3) is 27.6 Å². The number of nitrogens with one attached hydrogen (secondary N) is 3. The average molecular weight is 546 g/mol. The fraction of sp³-hybridized carbons (Fsp3) is 0.360. The van der Waals surface area contributed by atoms with Gasteiger partial charge in [0.25, 0.3) is 0 Å². The number of carbonyl (C=O) groups excluding carboxylic acids is 1. The quantitative estimate of drug-likeness (QED) is 0.348. The highest BCUT2D eigenvalue weighted by molar-refractivity contribution is 9.10. The van der Waals surface area contributed by atoms with Crippen molar-refractivity contribution in [2.24, 2.45) is 5.92 Å². The van der Waals surface area contributed by atoms with Crippen molar-refractivity contribution in [2.45, 2.75) is 37.8 Å². The number of anilines is 1. The molecule has 0 unspecified atom stereocenters. The van der Waals surface area contributed by atoms with Crippen molar-refractivity contribution in [3.63, 3.8) is 0 Å². The third-order valence-corrected chi connectivity index (χ3v) is 7.56. The van der Waals surface area contributed by atoms with E-state index in [1.54, 1.807) is 23.1 Å². The van der Waals surface area contributed by atoms with E-state index < -0.39 is 0 Å². The van der Waals surface area contributed by atoms with Gasteiger partial charge >= 0.3 is 0 Å². The van der Waals surface area contributed by atoms with Gasteiger partial charge in [-0.2, -0.15) is 15.3 Å². The van der Waals surface area contributed by atoms with Crippen molar-refractivity contribution in [3.05, 3.63) is 46.8 Å². The van der Waals surface area contributed by atoms with Gasteiger partial charge < -0.3 is 16.0 Å². The summed E-state index contributed by atoms with van der Waals surface area (Å²) in [4.78, 5) is 26.3. The monoisotopic (exact) mass is 545 g/mol. The zero-order valence-corrected chi connectivity index (χ0v) is 21.0. The Morgan fingerprint density at radius 2 is 2.14 bits per heavy atom. The minimum atomic E-state index is 0.00196. The minimum absolute atomic E-state index is 0.00196. The number of hydrogen-bond donors (Lipinski definition) is 3. The van der Waals surface area contributed by atoms with Gasteiger partial charge in [-0.15, -0.1) is 0 Å². The Labute approximate surface area is 215 Å². The van der Waals surface area contributed by atoms with E-state index in [0.29, 0.717) is 33.0 Å². The molecule has 11 heteroatoms. The lowest BCUT2D eigenvalue weighted by molar-refractivity contribution is -0.125. The summed E-state index contributed by atoms with van der Waals surface area (Å²) < 4.78 is 2.33. The van der Waals surface area contributed by atoms with Crippen LogP contribution in [-0.2, 0) is 4.79 Å². The Hall–Kier alpha value is -3.62. The molecule has 3 N–H and O–H groups in total. The molecule has 36 heavy (non-hydrogen) atoms. The number of rotatable bonds is 5. The van der Waals surface area contributed by atoms with Gasteiger partial charge in [-0.25, -0.2) is 9.67 Å². The molecule has 3 atom stereocenters. The normalized spacial score (nSPS) is 21.6. The number of pyridine rings is 1. The Bertz CT molecular complexity index is 1500. The summed E-state index contributed by atoms with van der Waals surface area (Å²) in [6, 6.07) is 10.1. The van der Waals surface area contributed by atoms with Crippen LogP contribution in [0.15, 0.2) is 41.3 Å². The van der Waals surface area contributed by atoms with Crippen LogP contribution in [0.3, 0.4) is 0 Å². The van der Waals surface area contributed by atoms with Crippen molar-refractivity contribution >= 4 is 49.7 Å². The fourth-order valence-electron chi connectivity index (χ4n) is 5.13. The maximum absolute atomic E-state index is 12.7. The van der Waals surface area contributed by atoms with E-state index in [9.17, 15) is 10.1 Å². The smallest absolute Gasteiger partial charge is 0.224 e. The molecule has 1 aliphatic carbocycles. The summed E-state index contributed by atoms with van der Waals surface area (Å²) in [5.41, 5.74) is 2.46. The zero-order chi connectivity index (χ0) is 24.6. The van der Waals surface area contributed by atoms with Crippen LogP contribution < -0.4 is 16.0 Å². The van der Waals surface area contributed by atoms with Gasteiger partial charge in [0, 0.05) is 42.3 Å². The molecule has 1 saturated heterocycles. The molecule has 0 spiro atoms. The van der Waals surface area contributed by atoms with Gasteiger partial charge in [0.1, 0.15) is 10.7 Å². The van der Waals surface area contributed by atoms with Crippen molar-refractivity contribution in [1.82, 2.24) is 35.4 Å². The van der Waals surface area contributed by atoms with Crippen LogP contribution in [0.4, 0.5) is 5.95 Å². The van der Waals surface area contributed by atoms with E-state index >= 15 is 0 Å². The molecule has 1 saturated carbocycles. The van der Waals surface area contributed by atoms with Crippen LogP contribution in [0.2, 0.25) is 0 Å². The third kappa shape index (κ3) is 4.27. The second-order valence-corrected chi connectivity index (χ2v) is 10.1. The van der Waals surface area contributed by atoms with Crippen LogP contribution in [0.1, 0.15) is 31.2 Å². The first-order chi connectivity index (χ1) is 17.6. The zero-order valence-electron chi connectivity index (χ0n) is 19.4. The van der Waals surface area contributed by atoms with Crippen molar-refractivity contribution in [1.29, 1.82) is 5.26 Å². The molecule has 10 nitrogen and oxygen atoms in total. The van der Waals surface area contributed by atoms with Gasteiger partial charge in [-0.3, -0.25) is 9.78 Å². The lowest BCUT2D eigenvalue weighted by Gasteiger charge is -2.16. The van der Waals surface area contributed by atoms with E-state index in [0.717, 1.165) is 49.5 Å². The molecule has 4 aromatic rings.